The third kappa shape index (κ3) is 6.92. The number of thiazole rings is 1. The number of halogens is 1. The fraction of sp³-hybridized carbons (Fsp3) is 0.400. The van der Waals surface area contributed by atoms with Crippen LogP contribution in [0.2, 0.25) is 5.02 Å². The van der Waals surface area contributed by atoms with Crippen LogP contribution in [0.1, 0.15) is 71.1 Å². The van der Waals surface area contributed by atoms with Crippen molar-refractivity contribution in [1.82, 2.24) is 19.8 Å². The Morgan fingerprint density at radius 2 is 1.94 bits per heavy atom. The van der Waals surface area contributed by atoms with Crippen LogP contribution in [0, 0.1) is 0 Å². The van der Waals surface area contributed by atoms with E-state index >= 15 is 0 Å². The van der Waals surface area contributed by atoms with Gasteiger partial charge in [-0.05, 0) is 37.1 Å². The number of amides is 2. The minimum absolute atomic E-state index is 0.0773. The number of nitrogens with one attached hydrogen (secondary N) is 1. The van der Waals surface area contributed by atoms with E-state index in [-0.39, 0.29) is 11.8 Å². The van der Waals surface area contributed by atoms with E-state index in [1.165, 1.54) is 11.3 Å². The average molecular weight is 487 g/mol. The zero-order valence-electron chi connectivity index (χ0n) is 19.2. The summed E-state index contributed by atoms with van der Waals surface area (Å²) in [7, 11) is 0. The van der Waals surface area contributed by atoms with E-state index in [0.29, 0.717) is 42.5 Å². The second kappa shape index (κ2) is 12.6. The third-order valence-corrected chi connectivity index (χ3v) is 6.48. The molecule has 2 amide bonds. The average Bonchev–Trinajstić information content (AvgIpc) is 3.46. The highest BCUT2D eigenvalue weighted by molar-refractivity contribution is 7.09. The quantitative estimate of drug-likeness (QED) is 0.338. The summed E-state index contributed by atoms with van der Waals surface area (Å²) in [5.74, 6) is -0.202. The van der Waals surface area contributed by atoms with Crippen LogP contribution < -0.4 is 5.32 Å². The van der Waals surface area contributed by atoms with Gasteiger partial charge in [-0.2, -0.15) is 0 Å². The topological polar surface area (TPSA) is 67.2 Å². The molecule has 3 rings (SSSR count). The van der Waals surface area contributed by atoms with E-state index in [1.54, 1.807) is 17.5 Å². The van der Waals surface area contributed by atoms with E-state index in [1.807, 2.05) is 35.4 Å². The van der Waals surface area contributed by atoms with Crippen molar-refractivity contribution < 1.29 is 9.59 Å². The number of hydrogen-bond donors (Lipinski definition) is 1. The largest absolute Gasteiger partial charge is 0.351 e. The molecule has 1 aromatic carbocycles. The van der Waals surface area contributed by atoms with Gasteiger partial charge in [0, 0.05) is 30.4 Å². The lowest BCUT2D eigenvalue weighted by Crippen LogP contribution is -2.32. The number of carbonyl (C=O) groups is 2. The zero-order chi connectivity index (χ0) is 23.6. The van der Waals surface area contributed by atoms with E-state index in [4.69, 9.17) is 11.6 Å². The van der Waals surface area contributed by atoms with Crippen molar-refractivity contribution in [3.05, 3.63) is 75.0 Å². The molecule has 0 aliphatic heterocycles. The van der Waals surface area contributed by atoms with Crippen LogP contribution in [0.3, 0.4) is 0 Å². The van der Waals surface area contributed by atoms with Crippen LogP contribution in [-0.4, -0.2) is 39.4 Å². The number of unbranched alkanes of at least 4 members (excludes halogenated alkanes) is 2. The summed E-state index contributed by atoms with van der Waals surface area (Å²) < 4.78 is 2.07. The highest BCUT2D eigenvalue weighted by Gasteiger charge is 2.19. The molecule has 6 nitrogen and oxygen atoms in total. The summed E-state index contributed by atoms with van der Waals surface area (Å²) in [6, 6.07) is 11.1. The molecule has 2 heterocycles. The lowest BCUT2D eigenvalue weighted by molar-refractivity contribution is 0.0739. The molecule has 33 heavy (non-hydrogen) atoms. The van der Waals surface area contributed by atoms with Crippen LogP contribution in [0.5, 0.6) is 0 Å². The van der Waals surface area contributed by atoms with Gasteiger partial charge in [0.15, 0.2) is 0 Å². The van der Waals surface area contributed by atoms with Gasteiger partial charge in [0.2, 0.25) is 0 Å². The Balaban J connectivity index is 1.67. The fourth-order valence-electron chi connectivity index (χ4n) is 3.57. The minimum Gasteiger partial charge on any atom is -0.351 e. The summed E-state index contributed by atoms with van der Waals surface area (Å²) in [4.78, 5) is 31.8. The number of hydrogen-bond acceptors (Lipinski definition) is 4. The Morgan fingerprint density at radius 3 is 2.70 bits per heavy atom. The lowest BCUT2D eigenvalue weighted by atomic mass is 10.2. The van der Waals surface area contributed by atoms with Gasteiger partial charge >= 0.3 is 0 Å². The van der Waals surface area contributed by atoms with Gasteiger partial charge in [-0.1, -0.05) is 50.4 Å². The molecule has 0 radical (unpaired) electrons. The van der Waals surface area contributed by atoms with Crippen molar-refractivity contribution in [2.75, 3.05) is 13.1 Å². The minimum atomic E-state index is -0.124. The van der Waals surface area contributed by atoms with Gasteiger partial charge in [-0.3, -0.25) is 9.59 Å². The van der Waals surface area contributed by atoms with Crippen molar-refractivity contribution >= 4 is 34.8 Å². The van der Waals surface area contributed by atoms with E-state index < -0.39 is 0 Å². The number of nitrogens with zero attached hydrogens (tertiary/aromatic N) is 3. The molecule has 176 valence electrons. The molecule has 8 heteroatoms. The van der Waals surface area contributed by atoms with Gasteiger partial charge in [-0.25, -0.2) is 4.98 Å². The summed E-state index contributed by atoms with van der Waals surface area (Å²) >= 11 is 7.74. The van der Waals surface area contributed by atoms with Crippen molar-refractivity contribution in [2.24, 2.45) is 0 Å². The molecule has 0 fully saturated rings. The number of benzene rings is 1. The zero-order valence-corrected chi connectivity index (χ0v) is 20.8. The maximum absolute atomic E-state index is 13.1. The molecule has 0 aliphatic carbocycles. The van der Waals surface area contributed by atoms with E-state index in [9.17, 15) is 9.59 Å². The Hall–Kier alpha value is -2.64. The monoisotopic (exact) mass is 486 g/mol. The summed E-state index contributed by atoms with van der Waals surface area (Å²) in [5.41, 5.74) is 1.98. The van der Waals surface area contributed by atoms with Gasteiger partial charge in [0.25, 0.3) is 11.8 Å². The lowest BCUT2D eigenvalue weighted by Gasteiger charge is -2.23. The van der Waals surface area contributed by atoms with Crippen molar-refractivity contribution in [2.45, 2.75) is 52.6 Å². The van der Waals surface area contributed by atoms with E-state index in [2.05, 4.69) is 28.7 Å². The summed E-state index contributed by atoms with van der Waals surface area (Å²) in [6.07, 6.45) is 6.03. The molecule has 0 atom stereocenters. The smallest absolute Gasteiger partial charge is 0.270 e. The summed E-state index contributed by atoms with van der Waals surface area (Å²) in [5, 5.41) is 6.05. The third-order valence-electron chi connectivity index (χ3n) is 5.32. The predicted molar refractivity (Wildman–Crippen MR) is 134 cm³/mol. The van der Waals surface area contributed by atoms with Crippen LogP contribution in [-0.2, 0) is 13.1 Å². The van der Waals surface area contributed by atoms with Gasteiger partial charge in [-0.15, -0.1) is 11.3 Å². The second-order valence-electron chi connectivity index (χ2n) is 7.92. The highest BCUT2D eigenvalue weighted by atomic mass is 35.5. The molecule has 0 spiro atoms. The molecular formula is C25H31ClN4O2S. The van der Waals surface area contributed by atoms with Gasteiger partial charge < -0.3 is 14.8 Å². The van der Waals surface area contributed by atoms with Crippen LogP contribution in [0.25, 0.3) is 0 Å². The number of carbonyl (C=O) groups excluding carboxylic acids is 2. The van der Waals surface area contributed by atoms with Gasteiger partial charge in [0.05, 0.1) is 23.7 Å². The molecule has 0 saturated heterocycles. The molecule has 0 unspecified atom stereocenters. The van der Waals surface area contributed by atoms with Crippen molar-refractivity contribution in [3.8, 4) is 0 Å². The van der Waals surface area contributed by atoms with Crippen molar-refractivity contribution in [1.29, 1.82) is 0 Å². The Morgan fingerprint density at radius 1 is 1.12 bits per heavy atom. The maximum atomic E-state index is 13.1. The number of aromatic nitrogens is 2. The fourth-order valence-corrected chi connectivity index (χ4v) is 4.56. The Bertz CT molecular complexity index is 1060. The number of rotatable bonds is 12. The molecule has 0 aliphatic rings. The second-order valence-corrected chi connectivity index (χ2v) is 9.27. The first kappa shape index (κ1) is 25.0. The van der Waals surface area contributed by atoms with Crippen LogP contribution >= 0.6 is 22.9 Å². The first-order valence-corrected chi connectivity index (χ1v) is 12.7. The molecule has 0 bridgehead atoms. The summed E-state index contributed by atoms with van der Waals surface area (Å²) in [6.45, 7) is 6.52. The molecule has 2 aromatic heterocycles. The first-order chi connectivity index (χ1) is 16.0. The molecule has 3 aromatic rings. The van der Waals surface area contributed by atoms with Crippen molar-refractivity contribution in [3.63, 3.8) is 0 Å². The normalized spacial score (nSPS) is 10.9. The Kier molecular flexibility index (Phi) is 9.51. The van der Waals surface area contributed by atoms with Crippen LogP contribution in [0.15, 0.2) is 48.0 Å². The van der Waals surface area contributed by atoms with E-state index in [0.717, 1.165) is 36.4 Å². The van der Waals surface area contributed by atoms with Crippen LogP contribution in [0.4, 0.5) is 0 Å². The predicted octanol–water partition coefficient (Wildman–Crippen LogP) is 5.62. The SMILES string of the molecule is CCCCCNC(=O)c1csc(Cn2cccc2CN(CCC)C(=O)c2ccccc2Cl)n1. The van der Waals surface area contributed by atoms with Gasteiger partial charge in [0.1, 0.15) is 10.7 Å². The molecular weight excluding hydrogens is 456 g/mol. The first-order valence-electron chi connectivity index (χ1n) is 11.4. The maximum Gasteiger partial charge on any atom is 0.270 e. The standard InChI is InChI=1S/C25H31ClN4O2S/c1-3-5-8-13-27-24(31)22-18-33-23(28-22)17-29-15-9-10-19(29)16-30(14-4-2)25(32)20-11-6-7-12-21(20)26/h6-7,9-12,15,18H,3-5,8,13-14,16-17H2,1-2H3,(H,27,31). The Labute approximate surface area is 204 Å². The molecule has 1 N–H and O–H groups in total. The highest BCUT2D eigenvalue weighted by Crippen LogP contribution is 2.20. The molecule has 0 saturated carbocycles.